The fraction of sp³-hybridized carbons (Fsp3) is 0.400. The van der Waals surface area contributed by atoms with Gasteiger partial charge in [-0.25, -0.2) is 8.78 Å². The molecule has 0 aliphatic carbocycles. The van der Waals surface area contributed by atoms with Gasteiger partial charge in [-0.1, -0.05) is 17.7 Å². The molecule has 0 unspecified atom stereocenters. The Balaban J connectivity index is 2.50. The molecule has 1 aromatic carbocycles. The van der Waals surface area contributed by atoms with Crippen LogP contribution >= 0.6 is 11.8 Å². The zero-order chi connectivity index (χ0) is 10.6. The van der Waals surface area contributed by atoms with Crippen LogP contribution < -0.4 is 5.73 Å². The van der Waals surface area contributed by atoms with E-state index in [1.165, 1.54) is 0 Å². The van der Waals surface area contributed by atoms with E-state index in [2.05, 4.69) is 0 Å². The lowest BCUT2D eigenvalue weighted by Crippen LogP contribution is -2.30. The van der Waals surface area contributed by atoms with Crippen molar-refractivity contribution in [3.8, 4) is 0 Å². The van der Waals surface area contributed by atoms with Gasteiger partial charge in [0, 0.05) is 4.90 Å². The first-order chi connectivity index (χ1) is 6.53. The molecule has 1 rings (SSSR count). The molecule has 0 atom stereocenters. The Labute approximate surface area is 86.7 Å². The second kappa shape index (κ2) is 4.75. The minimum absolute atomic E-state index is 0.257. The summed E-state index contributed by atoms with van der Waals surface area (Å²) < 4.78 is 25.5. The average molecular weight is 217 g/mol. The maximum absolute atomic E-state index is 12.8. The number of rotatable bonds is 4. The normalized spacial score (nSPS) is 11.7. The molecule has 0 bridgehead atoms. The largest absolute Gasteiger partial charge is 0.325 e. The molecule has 0 saturated heterocycles. The predicted molar refractivity (Wildman–Crippen MR) is 55.9 cm³/mol. The Bertz CT molecular complexity index is 285. The summed E-state index contributed by atoms with van der Waals surface area (Å²) in [5.41, 5.74) is 6.06. The maximum Gasteiger partial charge on any atom is 0.269 e. The average Bonchev–Trinajstić information content (AvgIpc) is 2.17. The molecule has 0 spiro atoms. The highest BCUT2D eigenvalue weighted by Crippen LogP contribution is 2.25. The molecule has 0 aliphatic rings. The number of hydrogen-bond donors (Lipinski definition) is 1. The van der Waals surface area contributed by atoms with Gasteiger partial charge in [0.25, 0.3) is 5.92 Å². The van der Waals surface area contributed by atoms with E-state index in [1.54, 1.807) is 0 Å². The van der Waals surface area contributed by atoms with Crippen molar-refractivity contribution < 1.29 is 8.78 Å². The van der Waals surface area contributed by atoms with Crippen molar-refractivity contribution in [3.63, 3.8) is 0 Å². The van der Waals surface area contributed by atoms with Crippen LogP contribution in [-0.2, 0) is 0 Å². The molecule has 1 aromatic rings. The van der Waals surface area contributed by atoms with Gasteiger partial charge >= 0.3 is 0 Å². The van der Waals surface area contributed by atoms with Crippen molar-refractivity contribution in [2.24, 2.45) is 5.73 Å². The second-order valence-corrected chi connectivity index (χ2v) is 4.21. The third-order valence-corrected chi connectivity index (χ3v) is 2.94. The van der Waals surface area contributed by atoms with E-state index in [-0.39, 0.29) is 5.75 Å². The Hall–Kier alpha value is -0.610. The molecule has 0 amide bonds. The van der Waals surface area contributed by atoms with E-state index in [0.29, 0.717) is 0 Å². The number of aryl methyl sites for hydroxylation is 1. The van der Waals surface area contributed by atoms with Crippen LogP contribution in [0.1, 0.15) is 5.56 Å². The SMILES string of the molecule is Cc1ccc(SCC(F)(F)CN)cc1. The molecular formula is C10H13F2NS. The summed E-state index contributed by atoms with van der Waals surface area (Å²) in [5.74, 6) is -3.03. The van der Waals surface area contributed by atoms with E-state index in [9.17, 15) is 8.78 Å². The van der Waals surface area contributed by atoms with Gasteiger partial charge in [0.05, 0.1) is 12.3 Å². The van der Waals surface area contributed by atoms with Gasteiger partial charge < -0.3 is 5.73 Å². The van der Waals surface area contributed by atoms with Crippen LogP contribution in [0.25, 0.3) is 0 Å². The first-order valence-electron chi connectivity index (χ1n) is 4.31. The van der Waals surface area contributed by atoms with Gasteiger partial charge in [0.2, 0.25) is 0 Å². The van der Waals surface area contributed by atoms with Crippen LogP contribution in [-0.4, -0.2) is 18.2 Å². The van der Waals surface area contributed by atoms with E-state index >= 15 is 0 Å². The van der Waals surface area contributed by atoms with Crippen molar-refractivity contribution in [2.45, 2.75) is 17.7 Å². The predicted octanol–water partition coefficient (Wildman–Crippen LogP) is 2.68. The van der Waals surface area contributed by atoms with Gasteiger partial charge in [0.1, 0.15) is 0 Å². The summed E-state index contributed by atoms with van der Waals surface area (Å²) in [4.78, 5) is 0.851. The van der Waals surface area contributed by atoms with Gasteiger partial charge in [-0.3, -0.25) is 0 Å². The Morgan fingerprint density at radius 3 is 2.36 bits per heavy atom. The van der Waals surface area contributed by atoms with Crippen LogP contribution in [0.5, 0.6) is 0 Å². The van der Waals surface area contributed by atoms with E-state index in [1.807, 2.05) is 31.2 Å². The highest BCUT2D eigenvalue weighted by molar-refractivity contribution is 7.99. The molecule has 0 saturated carbocycles. The van der Waals surface area contributed by atoms with Crippen LogP contribution in [0.2, 0.25) is 0 Å². The van der Waals surface area contributed by atoms with E-state index in [4.69, 9.17) is 5.73 Å². The highest BCUT2D eigenvalue weighted by atomic mass is 32.2. The standard InChI is InChI=1S/C10H13F2NS/c1-8-2-4-9(5-3-8)14-7-10(11,12)6-13/h2-5H,6-7,13H2,1H3. The van der Waals surface area contributed by atoms with Crippen molar-refractivity contribution in [1.82, 2.24) is 0 Å². The van der Waals surface area contributed by atoms with Crippen LogP contribution in [0.15, 0.2) is 29.2 Å². The summed E-state index contributed by atoms with van der Waals surface area (Å²) in [5, 5.41) is 0. The molecule has 0 heterocycles. The first-order valence-corrected chi connectivity index (χ1v) is 5.29. The molecule has 14 heavy (non-hydrogen) atoms. The van der Waals surface area contributed by atoms with Crippen molar-refractivity contribution in [2.75, 3.05) is 12.3 Å². The quantitative estimate of drug-likeness (QED) is 0.785. The third kappa shape index (κ3) is 3.64. The highest BCUT2D eigenvalue weighted by Gasteiger charge is 2.26. The van der Waals surface area contributed by atoms with Gasteiger partial charge in [-0.15, -0.1) is 11.8 Å². The number of thioether (sulfide) groups is 1. The molecule has 2 N–H and O–H groups in total. The molecule has 0 radical (unpaired) electrons. The number of alkyl halides is 2. The second-order valence-electron chi connectivity index (χ2n) is 3.16. The molecule has 4 heteroatoms. The summed E-state index contributed by atoms with van der Waals surface area (Å²) in [7, 11) is 0. The van der Waals surface area contributed by atoms with E-state index in [0.717, 1.165) is 22.2 Å². The Morgan fingerprint density at radius 1 is 1.29 bits per heavy atom. The lowest BCUT2D eigenvalue weighted by molar-refractivity contribution is 0.0375. The third-order valence-electron chi connectivity index (χ3n) is 1.77. The smallest absolute Gasteiger partial charge is 0.269 e. The lowest BCUT2D eigenvalue weighted by atomic mass is 10.2. The van der Waals surface area contributed by atoms with Crippen molar-refractivity contribution in [3.05, 3.63) is 29.8 Å². The monoisotopic (exact) mass is 217 g/mol. The number of benzene rings is 1. The summed E-state index contributed by atoms with van der Waals surface area (Å²) in [6.07, 6.45) is 0. The topological polar surface area (TPSA) is 26.0 Å². The van der Waals surface area contributed by atoms with Gasteiger partial charge in [-0.05, 0) is 19.1 Å². The number of hydrogen-bond acceptors (Lipinski definition) is 2. The van der Waals surface area contributed by atoms with Crippen molar-refractivity contribution >= 4 is 11.8 Å². The molecule has 0 fully saturated rings. The van der Waals surface area contributed by atoms with Gasteiger partial charge in [0.15, 0.2) is 0 Å². The van der Waals surface area contributed by atoms with E-state index < -0.39 is 12.5 Å². The van der Waals surface area contributed by atoms with Crippen LogP contribution in [0.4, 0.5) is 8.78 Å². The minimum Gasteiger partial charge on any atom is -0.325 e. The Morgan fingerprint density at radius 2 is 1.86 bits per heavy atom. The maximum atomic E-state index is 12.8. The molecule has 0 aromatic heterocycles. The van der Waals surface area contributed by atoms with Crippen molar-refractivity contribution in [1.29, 1.82) is 0 Å². The zero-order valence-electron chi connectivity index (χ0n) is 7.97. The lowest BCUT2D eigenvalue weighted by Gasteiger charge is -2.12. The Kier molecular flexibility index (Phi) is 3.89. The first kappa shape index (κ1) is 11.5. The fourth-order valence-corrected chi connectivity index (χ4v) is 1.71. The van der Waals surface area contributed by atoms with Crippen LogP contribution in [0.3, 0.4) is 0 Å². The fourth-order valence-electron chi connectivity index (χ4n) is 0.882. The summed E-state index contributed by atoms with van der Waals surface area (Å²) >= 11 is 1.13. The number of nitrogens with two attached hydrogens (primary N) is 1. The summed E-state index contributed by atoms with van der Waals surface area (Å²) in [6, 6.07) is 7.49. The van der Waals surface area contributed by atoms with Gasteiger partial charge in [-0.2, -0.15) is 0 Å². The molecule has 1 nitrogen and oxygen atoms in total. The molecule has 0 aliphatic heterocycles. The molecule has 78 valence electrons. The summed E-state index contributed by atoms with van der Waals surface area (Å²) in [6.45, 7) is 1.37. The van der Waals surface area contributed by atoms with Crippen LogP contribution in [0, 0.1) is 6.92 Å². The minimum atomic E-state index is -2.77. The zero-order valence-corrected chi connectivity index (χ0v) is 8.78. The molecular weight excluding hydrogens is 204 g/mol. The number of halogens is 2.